The zero-order chi connectivity index (χ0) is 25.5. The number of carbonyl (C=O) groups excluding carboxylic acids is 5. The molecule has 1 aromatic carbocycles. The molecule has 0 unspecified atom stereocenters. The van der Waals surface area contributed by atoms with E-state index < -0.39 is 36.1 Å². The fraction of sp³-hybridized carbons (Fsp3) is 0.522. The van der Waals surface area contributed by atoms with Gasteiger partial charge in [-0.3, -0.25) is 9.59 Å². The molecule has 0 aliphatic carbocycles. The topological polar surface area (TPSA) is 146 Å². The summed E-state index contributed by atoms with van der Waals surface area (Å²) in [5.74, 6) is -2.56. The number of methoxy groups -OCH3 is 3. The summed E-state index contributed by atoms with van der Waals surface area (Å²) in [7, 11) is 3.42. The van der Waals surface area contributed by atoms with Crippen LogP contribution >= 0.6 is 0 Å². The van der Waals surface area contributed by atoms with Crippen molar-refractivity contribution in [1.82, 2.24) is 10.6 Å². The third kappa shape index (κ3) is 10.8. The molecule has 0 heterocycles. The molecule has 0 fully saturated rings. The zero-order valence-corrected chi connectivity index (χ0v) is 19.9. The molecule has 0 aromatic heterocycles. The lowest BCUT2D eigenvalue weighted by atomic mass is 10.1. The van der Waals surface area contributed by atoms with E-state index >= 15 is 0 Å². The summed E-state index contributed by atoms with van der Waals surface area (Å²) in [6.07, 6.45) is -2.30. The molecule has 34 heavy (non-hydrogen) atoms. The average Bonchev–Trinajstić information content (AvgIpc) is 2.84. The van der Waals surface area contributed by atoms with Gasteiger partial charge in [0, 0.05) is 25.8 Å². The normalized spacial score (nSPS) is 12.0. The smallest absolute Gasteiger partial charge is 0.408 e. The minimum absolute atomic E-state index is 0.0524. The number of rotatable bonds is 13. The molecule has 0 bridgehead atoms. The number of aryl methyl sites for hydroxylation is 1. The third-order valence-corrected chi connectivity index (χ3v) is 4.85. The Hall–Kier alpha value is -3.63. The summed E-state index contributed by atoms with van der Waals surface area (Å²) in [5, 5.41) is 5.04. The minimum Gasteiger partial charge on any atom is -0.469 e. The zero-order valence-electron chi connectivity index (χ0n) is 19.9. The number of esters is 3. The molecular weight excluding hydrogens is 448 g/mol. The molecule has 2 N–H and O–H groups in total. The number of nitrogens with one attached hydrogen (secondary N) is 2. The van der Waals surface area contributed by atoms with Gasteiger partial charge in [0.15, 0.2) is 0 Å². The van der Waals surface area contributed by atoms with Crippen molar-refractivity contribution >= 4 is 29.9 Å². The van der Waals surface area contributed by atoms with E-state index in [9.17, 15) is 24.0 Å². The van der Waals surface area contributed by atoms with Gasteiger partial charge in [0.05, 0.1) is 21.3 Å². The molecular formula is C23H32N2O9. The monoisotopic (exact) mass is 480 g/mol. The first-order valence-electron chi connectivity index (χ1n) is 10.7. The first kappa shape index (κ1) is 28.4. The van der Waals surface area contributed by atoms with E-state index in [1.54, 1.807) is 0 Å². The molecule has 11 heteroatoms. The summed E-state index contributed by atoms with van der Waals surface area (Å²) in [5.41, 5.74) is 2.23. The van der Waals surface area contributed by atoms with Crippen LogP contribution in [0.15, 0.2) is 24.3 Å². The average molecular weight is 481 g/mol. The molecule has 11 nitrogen and oxygen atoms in total. The van der Waals surface area contributed by atoms with Gasteiger partial charge in [-0.15, -0.1) is 0 Å². The highest BCUT2D eigenvalue weighted by Gasteiger charge is 2.28. The maximum Gasteiger partial charge on any atom is 0.408 e. The minimum atomic E-state index is -1.38. The van der Waals surface area contributed by atoms with Crippen LogP contribution in [-0.2, 0) is 44.5 Å². The maximum atomic E-state index is 12.3. The van der Waals surface area contributed by atoms with Gasteiger partial charge >= 0.3 is 24.0 Å². The third-order valence-electron chi connectivity index (χ3n) is 4.85. The van der Waals surface area contributed by atoms with Gasteiger partial charge in [-0.2, -0.15) is 0 Å². The van der Waals surface area contributed by atoms with E-state index in [-0.39, 0.29) is 31.6 Å². The summed E-state index contributed by atoms with van der Waals surface area (Å²) in [6.45, 7) is 2.41. The van der Waals surface area contributed by atoms with Crippen molar-refractivity contribution in [2.24, 2.45) is 0 Å². The molecule has 0 saturated carbocycles. The lowest BCUT2D eigenvalue weighted by molar-refractivity contribution is -0.152. The molecule has 1 rings (SSSR count). The Balaban J connectivity index is 2.56. The first-order chi connectivity index (χ1) is 16.2. The van der Waals surface area contributed by atoms with Gasteiger partial charge in [-0.25, -0.2) is 14.4 Å². The molecule has 188 valence electrons. The van der Waals surface area contributed by atoms with E-state index in [0.29, 0.717) is 13.0 Å². The van der Waals surface area contributed by atoms with E-state index in [1.165, 1.54) is 7.11 Å². The number of carbonyl (C=O) groups is 5. The highest BCUT2D eigenvalue weighted by molar-refractivity contribution is 5.84. The largest absolute Gasteiger partial charge is 0.469 e. The van der Waals surface area contributed by atoms with Crippen LogP contribution in [-0.4, -0.2) is 69.9 Å². The Kier molecular flexibility index (Phi) is 12.7. The van der Waals surface area contributed by atoms with Crippen LogP contribution in [0.3, 0.4) is 0 Å². The number of ether oxygens (including phenoxy) is 4. The van der Waals surface area contributed by atoms with Crippen LogP contribution < -0.4 is 10.6 Å². The fourth-order valence-electron chi connectivity index (χ4n) is 2.87. The van der Waals surface area contributed by atoms with E-state index in [1.807, 2.05) is 31.2 Å². The van der Waals surface area contributed by atoms with Crippen LogP contribution in [0.4, 0.5) is 4.79 Å². The number of hydrogen-bond acceptors (Lipinski definition) is 9. The number of amides is 2. The van der Waals surface area contributed by atoms with Crippen molar-refractivity contribution in [2.75, 3.05) is 27.9 Å². The predicted octanol–water partition coefficient (Wildman–Crippen LogP) is 1.20. The summed E-state index contributed by atoms with van der Waals surface area (Å²) in [6, 6.07) is 6.76. The standard InChI is InChI=1S/C23H32N2O9/c1-15-5-7-16(8-6-15)13-14-24-19(26)11-9-17(21(28)32-3)25-23(30)34-18(22(29)33-4)10-12-20(27)31-2/h5-8,17-18H,9-14H2,1-4H3,(H,24,26)(H,25,30)/t17-,18-/m0/s1. The Morgan fingerprint density at radius 3 is 2.09 bits per heavy atom. The summed E-state index contributed by atoms with van der Waals surface area (Å²) >= 11 is 0. The van der Waals surface area contributed by atoms with Crippen molar-refractivity contribution in [3.63, 3.8) is 0 Å². The molecule has 2 amide bonds. The van der Waals surface area contributed by atoms with Crippen molar-refractivity contribution < 1.29 is 42.9 Å². The van der Waals surface area contributed by atoms with Gasteiger partial charge in [0.1, 0.15) is 6.04 Å². The van der Waals surface area contributed by atoms with Crippen LogP contribution in [0.25, 0.3) is 0 Å². The lowest BCUT2D eigenvalue weighted by Crippen LogP contribution is -2.44. The summed E-state index contributed by atoms with van der Waals surface area (Å²) in [4.78, 5) is 59.6. The van der Waals surface area contributed by atoms with Crippen molar-refractivity contribution in [1.29, 1.82) is 0 Å². The van der Waals surface area contributed by atoms with Crippen LogP contribution in [0, 0.1) is 6.92 Å². The van der Waals surface area contributed by atoms with Crippen molar-refractivity contribution in [3.05, 3.63) is 35.4 Å². The van der Waals surface area contributed by atoms with Gasteiger partial charge in [-0.05, 0) is 25.3 Å². The van der Waals surface area contributed by atoms with Gasteiger partial charge in [0.25, 0.3) is 0 Å². The Morgan fingerprint density at radius 1 is 0.853 bits per heavy atom. The fourth-order valence-corrected chi connectivity index (χ4v) is 2.87. The second kappa shape index (κ2) is 15.3. The van der Waals surface area contributed by atoms with Gasteiger partial charge in [0.2, 0.25) is 12.0 Å². The van der Waals surface area contributed by atoms with Crippen LogP contribution in [0.2, 0.25) is 0 Å². The maximum absolute atomic E-state index is 12.3. The highest BCUT2D eigenvalue weighted by Crippen LogP contribution is 2.08. The number of hydrogen-bond donors (Lipinski definition) is 2. The Bertz CT molecular complexity index is 839. The quantitative estimate of drug-likeness (QED) is 0.314. The molecule has 0 spiro atoms. The highest BCUT2D eigenvalue weighted by atomic mass is 16.6. The SMILES string of the molecule is COC(=O)CC[C@H](OC(=O)N[C@@H](CCC(=O)NCCc1ccc(C)cc1)C(=O)OC)C(=O)OC. The predicted molar refractivity (Wildman–Crippen MR) is 120 cm³/mol. The molecule has 0 aliphatic heterocycles. The van der Waals surface area contributed by atoms with Crippen molar-refractivity contribution in [3.8, 4) is 0 Å². The Labute approximate surface area is 198 Å². The van der Waals surface area contributed by atoms with E-state index in [0.717, 1.165) is 25.3 Å². The second-order valence-corrected chi connectivity index (χ2v) is 7.38. The van der Waals surface area contributed by atoms with Crippen molar-refractivity contribution in [2.45, 2.75) is 51.2 Å². The number of benzene rings is 1. The number of alkyl carbamates (subject to hydrolysis) is 1. The first-order valence-corrected chi connectivity index (χ1v) is 10.7. The van der Waals surface area contributed by atoms with Gasteiger partial charge in [-0.1, -0.05) is 29.8 Å². The molecule has 1 aromatic rings. The van der Waals surface area contributed by atoms with E-state index in [4.69, 9.17) is 4.74 Å². The van der Waals surface area contributed by atoms with Gasteiger partial charge < -0.3 is 29.6 Å². The van der Waals surface area contributed by atoms with Crippen LogP contribution in [0.1, 0.15) is 36.8 Å². The Morgan fingerprint density at radius 2 is 1.50 bits per heavy atom. The van der Waals surface area contributed by atoms with E-state index in [2.05, 4.69) is 24.8 Å². The molecule has 0 saturated heterocycles. The molecule has 0 radical (unpaired) electrons. The summed E-state index contributed by atoms with van der Waals surface area (Å²) < 4.78 is 18.7. The lowest BCUT2D eigenvalue weighted by Gasteiger charge is -2.19. The second-order valence-electron chi connectivity index (χ2n) is 7.38. The molecule has 2 atom stereocenters. The van der Waals surface area contributed by atoms with Crippen LogP contribution in [0.5, 0.6) is 0 Å². The molecule has 0 aliphatic rings.